The van der Waals surface area contributed by atoms with Crippen LogP contribution in [0.2, 0.25) is 0 Å². The summed E-state index contributed by atoms with van der Waals surface area (Å²) in [7, 11) is 2.18. The Labute approximate surface area is 106 Å². The van der Waals surface area contributed by atoms with Gasteiger partial charge in [-0.2, -0.15) is 0 Å². The Morgan fingerprint density at radius 1 is 1.18 bits per heavy atom. The number of hydrogen-bond donors (Lipinski definition) is 1. The summed E-state index contributed by atoms with van der Waals surface area (Å²) in [5.74, 6) is 0. The molecule has 3 heteroatoms. The van der Waals surface area contributed by atoms with Crippen molar-refractivity contribution in [2.45, 2.75) is 51.6 Å². The van der Waals surface area contributed by atoms with Crippen LogP contribution in [0.4, 0.5) is 0 Å². The first-order chi connectivity index (χ1) is 8.02. The van der Waals surface area contributed by atoms with Crippen molar-refractivity contribution in [3.8, 4) is 0 Å². The molecule has 100 valence electrons. The molecule has 0 bridgehead atoms. The predicted molar refractivity (Wildman–Crippen MR) is 71.1 cm³/mol. The van der Waals surface area contributed by atoms with Gasteiger partial charge in [0.25, 0.3) is 0 Å². The number of hydrogen-bond acceptors (Lipinski definition) is 3. The van der Waals surface area contributed by atoms with Crippen LogP contribution in [0.5, 0.6) is 0 Å². The second-order valence-corrected chi connectivity index (χ2v) is 6.81. The Bertz CT molecular complexity index is 249. The molecule has 17 heavy (non-hydrogen) atoms. The molecule has 1 heterocycles. The van der Waals surface area contributed by atoms with Crippen LogP contribution in [0.15, 0.2) is 0 Å². The first kappa shape index (κ1) is 13.3. The molecule has 0 radical (unpaired) electrons. The topological polar surface area (TPSA) is 26.7 Å². The standard InChI is InChI=1S/C14H28N2O/c1-14(2)10-15(3)8-13(9-17)16(11-14)12-6-4-5-7-12/h12-13,17H,4-11H2,1-3H3. The molecule has 1 aliphatic carbocycles. The first-order valence-electron chi connectivity index (χ1n) is 7.07. The van der Waals surface area contributed by atoms with Crippen molar-refractivity contribution in [1.82, 2.24) is 9.80 Å². The van der Waals surface area contributed by atoms with Crippen molar-refractivity contribution in [2.24, 2.45) is 5.41 Å². The Morgan fingerprint density at radius 3 is 2.41 bits per heavy atom. The van der Waals surface area contributed by atoms with E-state index in [4.69, 9.17) is 0 Å². The smallest absolute Gasteiger partial charge is 0.0599 e. The third kappa shape index (κ3) is 3.21. The van der Waals surface area contributed by atoms with Crippen molar-refractivity contribution in [1.29, 1.82) is 0 Å². The molecule has 0 spiro atoms. The molecule has 1 unspecified atom stereocenters. The molecule has 2 aliphatic rings. The maximum atomic E-state index is 9.67. The molecule has 1 saturated carbocycles. The van der Waals surface area contributed by atoms with E-state index in [0.717, 1.165) is 25.7 Å². The maximum Gasteiger partial charge on any atom is 0.0599 e. The molecule has 1 N–H and O–H groups in total. The molecular weight excluding hydrogens is 212 g/mol. The fraction of sp³-hybridized carbons (Fsp3) is 1.00. The molecule has 0 aromatic heterocycles. The lowest BCUT2D eigenvalue weighted by Gasteiger charge is -2.37. The van der Waals surface area contributed by atoms with E-state index < -0.39 is 0 Å². The third-order valence-electron chi connectivity index (χ3n) is 4.30. The molecule has 3 nitrogen and oxygen atoms in total. The SMILES string of the molecule is CN1CC(CO)N(C2CCCC2)CC(C)(C)C1. The lowest BCUT2D eigenvalue weighted by Crippen LogP contribution is -2.48. The van der Waals surface area contributed by atoms with Gasteiger partial charge in [-0.15, -0.1) is 0 Å². The summed E-state index contributed by atoms with van der Waals surface area (Å²) >= 11 is 0. The molecule has 1 atom stereocenters. The highest BCUT2D eigenvalue weighted by Crippen LogP contribution is 2.31. The van der Waals surface area contributed by atoms with E-state index in [-0.39, 0.29) is 0 Å². The Morgan fingerprint density at radius 2 is 1.82 bits per heavy atom. The van der Waals surface area contributed by atoms with E-state index in [2.05, 4.69) is 30.7 Å². The van der Waals surface area contributed by atoms with Gasteiger partial charge in [0.2, 0.25) is 0 Å². The second kappa shape index (κ2) is 5.25. The van der Waals surface area contributed by atoms with Gasteiger partial charge in [-0.1, -0.05) is 26.7 Å². The van der Waals surface area contributed by atoms with E-state index in [1.165, 1.54) is 25.7 Å². The van der Waals surface area contributed by atoms with Crippen molar-refractivity contribution in [3.63, 3.8) is 0 Å². The van der Waals surface area contributed by atoms with Crippen LogP contribution >= 0.6 is 0 Å². The lowest BCUT2D eigenvalue weighted by atomic mass is 9.92. The minimum atomic E-state index is 0.303. The fourth-order valence-corrected chi connectivity index (χ4v) is 3.76. The number of rotatable bonds is 2. The largest absolute Gasteiger partial charge is 0.395 e. The maximum absolute atomic E-state index is 9.67. The van der Waals surface area contributed by atoms with Crippen molar-refractivity contribution < 1.29 is 5.11 Å². The summed E-state index contributed by atoms with van der Waals surface area (Å²) in [5, 5.41) is 9.67. The lowest BCUT2D eigenvalue weighted by molar-refractivity contribution is 0.0671. The third-order valence-corrected chi connectivity index (χ3v) is 4.30. The van der Waals surface area contributed by atoms with Gasteiger partial charge in [-0.05, 0) is 25.3 Å². The molecule has 1 saturated heterocycles. The average Bonchev–Trinajstić information content (AvgIpc) is 2.71. The molecule has 0 amide bonds. The van der Waals surface area contributed by atoms with Crippen LogP contribution in [0.3, 0.4) is 0 Å². The molecule has 1 aliphatic heterocycles. The number of aliphatic hydroxyl groups excluding tert-OH is 1. The van der Waals surface area contributed by atoms with Gasteiger partial charge in [-0.25, -0.2) is 0 Å². The van der Waals surface area contributed by atoms with Crippen LogP contribution in [0, 0.1) is 5.41 Å². The van der Waals surface area contributed by atoms with E-state index in [9.17, 15) is 5.11 Å². The normalized spacial score (nSPS) is 32.8. The summed E-state index contributed by atoms with van der Waals surface area (Å²) in [6.45, 7) is 8.28. The summed E-state index contributed by atoms with van der Waals surface area (Å²) in [5.41, 5.74) is 0.335. The van der Waals surface area contributed by atoms with Gasteiger partial charge in [-0.3, -0.25) is 4.90 Å². The van der Waals surface area contributed by atoms with Crippen LogP contribution in [-0.4, -0.2) is 60.3 Å². The summed E-state index contributed by atoms with van der Waals surface area (Å²) in [4.78, 5) is 4.99. The van der Waals surface area contributed by atoms with Gasteiger partial charge in [0, 0.05) is 31.7 Å². The van der Waals surface area contributed by atoms with Crippen molar-refractivity contribution in [2.75, 3.05) is 33.3 Å². The van der Waals surface area contributed by atoms with Gasteiger partial charge >= 0.3 is 0 Å². The van der Waals surface area contributed by atoms with Crippen LogP contribution in [-0.2, 0) is 0 Å². The zero-order valence-corrected chi connectivity index (χ0v) is 11.7. The highest BCUT2D eigenvalue weighted by molar-refractivity contribution is 4.91. The number of nitrogens with zero attached hydrogens (tertiary/aromatic N) is 2. The predicted octanol–water partition coefficient (Wildman–Crippen LogP) is 1.56. The zero-order chi connectivity index (χ0) is 12.5. The van der Waals surface area contributed by atoms with Gasteiger partial charge < -0.3 is 10.0 Å². The zero-order valence-electron chi connectivity index (χ0n) is 11.7. The molecule has 0 aromatic rings. The second-order valence-electron chi connectivity index (χ2n) is 6.81. The number of aliphatic hydroxyl groups is 1. The molecule has 2 rings (SSSR count). The van der Waals surface area contributed by atoms with Crippen molar-refractivity contribution >= 4 is 0 Å². The quantitative estimate of drug-likeness (QED) is 0.793. The Balaban J connectivity index is 2.13. The summed E-state index contributed by atoms with van der Waals surface area (Å²) in [6, 6.07) is 1.06. The minimum absolute atomic E-state index is 0.303. The van der Waals surface area contributed by atoms with E-state index >= 15 is 0 Å². The summed E-state index contributed by atoms with van der Waals surface area (Å²) in [6.07, 6.45) is 5.40. The van der Waals surface area contributed by atoms with Crippen LogP contribution < -0.4 is 0 Å². The van der Waals surface area contributed by atoms with E-state index in [1.807, 2.05) is 0 Å². The number of likely N-dealkylation sites (N-methyl/N-ethyl adjacent to an activating group) is 1. The van der Waals surface area contributed by atoms with E-state index in [1.54, 1.807) is 0 Å². The monoisotopic (exact) mass is 240 g/mol. The van der Waals surface area contributed by atoms with Gasteiger partial charge in [0.15, 0.2) is 0 Å². The fourth-order valence-electron chi connectivity index (χ4n) is 3.76. The average molecular weight is 240 g/mol. The van der Waals surface area contributed by atoms with E-state index in [0.29, 0.717) is 18.1 Å². The van der Waals surface area contributed by atoms with Crippen LogP contribution in [0.25, 0.3) is 0 Å². The Kier molecular flexibility index (Phi) is 4.11. The molecule has 0 aromatic carbocycles. The van der Waals surface area contributed by atoms with Gasteiger partial charge in [0.1, 0.15) is 0 Å². The molecule has 2 fully saturated rings. The minimum Gasteiger partial charge on any atom is -0.395 e. The summed E-state index contributed by atoms with van der Waals surface area (Å²) < 4.78 is 0. The van der Waals surface area contributed by atoms with Crippen LogP contribution in [0.1, 0.15) is 39.5 Å². The highest BCUT2D eigenvalue weighted by atomic mass is 16.3. The highest BCUT2D eigenvalue weighted by Gasteiger charge is 2.36. The Hall–Kier alpha value is -0.120. The molecular formula is C14H28N2O. The first-order valence-corrected chi connectivity index (χ1v) is 7.07. The van der Waals surface area contributed by atoms with Crippen molar-refractivity contribution in [3.05, 3.63) is 0 Å². The van der Waals surface area contributed by atoms with Gasteiger partial charge in [0.05, 0.1) is 6.61 Å².